The number of hydrogen-bond acceptors (Lipinski definition) is 9. The molecule has 1 aromatic heterocycles. The van der Waals surface area contributed by atoms with E-state index in [1.165, 1.54) is 18.2 Å². The molecule has 2 aromatic rings. The van der Waals surface area contributed by atoms with E-state index in [9.17, 15) is 31.6 Å². The number of benzene rings is 1. The van der Waals surface area contributed by atoms with Crippen LogP contribution in [0.2, 0.25) is 5.02 Å². The Labute approximate surface area is 277 Å². The van der Waals surface area contributed by atoms with Gasteiger partial charge in [0.05, 0.1) is 31.1 Å². The maximum absolute atomic E-state index is 13.7. The molecule has 3 fully saturated rings. The highest BCUT2D eigenvalue weighted by molar-refractivity contribution is 7.91. The van der Waals surface area contributed by atoms with Gasteiger partial charge in [-0.25, -0.2) is 22.2 Å². The van der Waals surface area contributed by atoms with Crippen LogP contribution in [0.5, 0.6) is 11.6 Å². The summed E-state index contributed by atoms with van der Waals surface area (Å²) in [4.78, 5) is 46.2. The maximum Gasteiger partial charge on any atom is 0.259 e. The monoisotopic (exact) mass is 699 g/mol. The Hall–Kier alpha value is -3.30. The summed E-state index contributed by atoms with van der Waals surface area (Å²) in [5, 5.41) is 3.56. The molecule has 0 bridgehead atoms. The number of carbonyl (C=O) groups excluding carboxylic acids is 3. The van der Waals surface area contributed by atoms with Gasteiger partial charge in [-0.2, -0.15) is 0 Å². The molecule has 12 nitrogen and oxygen atoms in total. The Morgan fingerprint density at radius 2 is 1.91 bits per heavy atom. The van der Waals surface area contributed by atoms with E-state index in [-0.39, 0.29) is 31.7 Å². The van der Waals surface area contributed by atoms with Crippen LogP contribution in [0, 0.1) is 11.3 Å². The molecule has 1 saturated heterocycles. The molecule has 0 radical (unpaired) electrons. The number of nitrogens with zero attached hydrogens (tertiary/aromatic N) is 2. The Morgan fingerprint density at radius 3 is 2.53 bits per heavy atom. The van der Waals surface area contributed by atoms with Crippen molar-refractivity contribution in [2.45, 2.75) is 94.7 Å². The molecule has 258 valence electrons. The topological polar surface area (TPSA) is 170 Å². The minimum absolute atomic E-state index is 0.0651. The highest BCUT2D eigenvalue weighted by Crippen LogP contribution is 2.48. The molecule has 2 heterocycles. The third-order valence-corrected chi connectivity index (χ3v) is 11.1. The number of rotatable bonds is 12. The van der Waals surface area contributed by atoms with Gasteiger partial charge in [0.15, 0.2) is 0 Å². The van der Waals surface area contributed by atoms with E-state index in [0.717, 1.165) is 0 Å². The summed E-state index contributed by atoms with van der Waals surface area (Å²) in [5.74, 6) is -2.35. The van der Waals surface area contributed by atoms with Crippen LogP contribution in [0.3, 0.4) is 0 Å². The second-order valence-electron chi connectivity index (χ2n) is 13.7. The number of amides is 3. The highest BCUT2D eigenvalue weighted by atomic mass is 35.5. The molecular weight excluding hydrogens is 660 g/mol. The Bertz CT molecular complexity index is 1670. The van der Waals surface area contributed by atoms with Crippen LogP contribution >= 0.6 is 11.6 Å². The summed E-state index contributed by atoms with van der Waals surface area (Å²) in [6.07, 6.45) is -2.05. The van der Waals surface area contributed by atoms with Crippen molar-refractivity contribution in [3.63, 3.8) is 0 Å². The smallest absolute Gasteiger partial charge is 0.259 e. The van der Waals surface area contributed by atoms with Gasteiger partial charge < -0.3 is 25.4 Å². The Balaban J connectivity index is 1.37. The van der Waals surface area contributed by atoms with Crippen LogP contribution in [0.25, 0.3) is 10.8 Å². The number of carbonyl (C=O) groups is 3. The van der Waals surface area contributed by atoms with E-state index in [0.29, 0.717) is 34.4 Å². The first kappa shape index (κ1) is 35.0. The number of pyridine rings is 1. The third-order valence-electron chi connectivity index (χ3n) is 9.09. The first-order chi connectivity index (χ1) is 21.9. The van der Waals surface area contributed by atoms with Crippen molar-refractivity contribution in [2.24, 2.45) is 17.1 Å². The lowest BCUT2D eigenvalue weighted by Gasteiger charge is -2.33. The summed E-state index contributed by atoms with van der Waals surface area (Å²) in [5.41, 5.74) is 3.93. The number of sulfonamides is 1. The van der Waals surface area contributed by atoms with Crippen LogP contribution in [0.4, 0.5) is 8.78 Å². The van der Waals surface area contributed by atoms with Crippen molar-refractivity contribution in [1.82, 2.24) is 19.9 Å². The molecule has 0 unspecified atom stereocenters. The van der Waals surface area contributed by atoms with Crippen LogP contribution in [-0.4, -0.2) is 85.1 Å². The molecule has 5 atom stereocenters. The van der Waals surface area contributed by atoms with Crippen molar-refractivity contribution in [3.8, 4) is 11.6 Å². The van der Waals surface area contributed by atoms with Crippen molar-refractivity contribution >= 4 is 50.1 Å². The molecule has 1 aliphatic heterocycles. The van der Waals surface area contributed by atoms with E-state index in [1.54, 1.807) is 18.2 Å². The van der Waals surface area contributed by atoms with Gasteiger partial charge in [-0.3, -0.25) is 19.1 Å². The fourth-order valence-electron chi connectivity index (χ4n) is 6.06. The number of ether oxygens (including phenoxy) is 2. The summed E-state index contributed by atoms with van der Waals surface area (Å²) in [7, 11) is -2.48. The molecule has 3 amide bonds. The Kier molecular flexibility index (Phi) is 9.65. The predicted octanol–water partition coefficient (Wildman–Crippen LogP) is 3.15. The molecular formula is C31H40ClF2N5O7S. The number of methoxy groups -OCH3 is 1. The Morgan fingerprint density at radius 1 is 1.21 bits per heavy atom. The van der Waals surface area contributed by atoms with Crippen LogP contribution in [0.1, 0.15) is 59.3 Å². The van der Waals surface area contributed by atoms with E-state index in [1.807, 2.05) is 25.5 Å². The number of fused-ring (bicyclic) bond motifs is 1. The van der Waals surface area contributed by atoms with Crippen LogP contribution in [0.15, 0.2) is 24.4 Å². The standard InChI is InChI=1S/C31H40ClF2N5O7S/c1-30(2,3)26(35)28(41)39-15-19(46-27-22-10-17(32)5-8-21(22)23(45-4)14-36-27)11-18(39)12-25(40)37-31(13-16(31)9-24(33)34)29(42)38-47(43,44)20-6-7-20/h5,8,10,14,16,18-20,24,26H,6-7,9,11-13,15,35H2,1-4H3,(H,37,40)(H,38,42)/t16-,18+,19-,26-,31-/m1/s1. The van der Waals surface area contributed by atoms with Gasteiger partial charge in [0.1, 0.15) is 17.4 Å². The zero-order chi connectivity index (χ0) is 34.5. The van der Waals surface area contributed by atoms with Gasteiger partial charge >= 0.3 is 0 Å². The zero-order valence-electron chi connectivity index (χ0n) is 26.6. The first-order valence-electron chi connectivity index (χ1n) is 15.5. The molecule has 2 aliphatic carbocycles. The lowest BCUT2D eigenvalue weighted by Crippen LogP contribution is -2.55. The molecule has 0 spiro atoms. The number of nitrogens with two attached hydrogens (primary N) is 1. The number of alkyl halides is 2. The molecule has 1 aromatic carbocycles. The van der Waals surface area contributed by atoms with Gasteiger partial charge in [-0.15, -0.1) is 0 Å². The minimum Gasteiger partial charge on any atom is -0.494 e. The van der Waals surface area contributed by atoms with E-state index >= 15 is 0 Å². The molecule has 2 saturated carbocycles. The molecule has 5 rings (SSSR count). The molecule has 3 aliphatic rings. The lowest BCUT2D eigenvalue weighted by atomic mass is 9.86. The van der Waals surface area contributed by atoms with Crippen molar-refractivity contribution < 1.29 is 41.1 Å². The van der Waals surface area contributed by atoms with Crippen LogP contribution < -0.4 is 25.2 Å². The number of likely N-dealkylation sites (tertiary alicyclic amines) is 1. The number of hydrogen-bond donors (Lipinski definition) is 3. The second-order valence-corrected chi connectivity index (χ2v) is 16.1. The van der Waals surface area contributed by atoms with Gasteiger partial charge in [0.2, 0.25) is 34.1 Å². The van der Waals surface area contributed by atoms with Gasteiger partial charge in [0, 0.05) is 41.1 Å². The second kappa shape index (κ2) is 13.0. The van der Waals surface area contributed by atoms with E-state index < -0.39 is 80.9 Å². The number of aromatic nitrogens is 1. The third kappa shape index (κ3) is 7.56. The lowest BCUT2D eigenvalue weighted by molar-refractivity contribution is -0.137. The fraction of sp³-hybridized carbons (Fsp3) is 0.613. The van der Waals surface area contributed by atoms with Crippen molar-refractivity contribution in [1.29, 1.82) is 0 Å². The number of nitrogens with one attached hydrogen (secondary N) is 2. The molecule has 16 heteroatoms. The zero-order valence-corrected chi connectivity index (χ0v) is 28.2. The van der Waals surface area contributed by atoms with Gasteiger partial charge in [-0.1, -0.05) is 32.4 Å². The van der Waals surface area contributed by atoms with Gasteiger partial charge in [-0.05, 0) is 48.8 Å². The quantitative estimate of drug-likeness (QED) is 0.301. The number of halogens is 3. The SMILES string of the molecule is COc1cnc(O[C@@H]2C[C@@H](CC(=O)N[C@]3(C(=O)NS(=O)(=O)C4CC4)C[C@H]3CC(F)F)N(C(=O)[C@@H](N)C(C)(C)C)C2)c2cc(Cl)ccc12. The largest absolute Gasteiger partial charge is 0.494 e. The predicted molar refractivity (Wildman–Crippen MR) is 170 cm³/mol. The van der Waals surface area contributed by atoms with E-state index in [2.05, 4.69) is 10.3 Å². The molecule has 4 N–H and O–H groups in total. The van der Waals surface area contributed by atoms with Crippen molar-refractivity contribution in [2.75, 3.05) is 13.7 Å². The van der Waals surface area contributed by atoms with Crippen molar-refractivity contribution in [3.05, 3.63) is 29.4 Å². The summed E-state index contributed by atoms with van der Waals surface area (Å²) >= 11 is 6.26. The normalized spacial score (nSPS) is 25.0. The molecule has 47 heavy (non-hydrogen) atoms. The van der Waals surface area contributed by atoms with Gasteiger partial charge in [0.25, 0.3) is 5.91 Å². The highest BCUT2D eigenvalue weighted by Gasteiger charge is 2.62. The average molecular weight is 700 g/mol. The first-order valence-corrected chi connectivity index (χ1v) is 17.4. The summed E-state index contributed by atoms with van der Waals surface area (Å²) < 4.78 is 65.3. The average Bonchev–Trinajstić information content (AvgIpc) is 3.90. The fourth-order valence-corrected chi connectivity index (χ4v) is 7.60. The van der Waals surface area contributed by atoms with Crippen LogP contribution in [-0.2, 0) is 24.4 Å². The maximum atomic E-state index is 13.7. The summed E-state index contributed by atoms with van der Waals surface area (Å²) in [6, 6.07) is 3.49. The summed E-state index contributed by atoms with van der Waals surface area (Å²) in [6.45, 7) is 5.50. The van der Waals surface area contributed by atoms with E-state index in [4.69, 9.17) is 26.8 Å². The minimum atomic E-state index is -3.99.